The predicted octanol–water partition coefficient (Wildman–Crippen LogP) is 6.15. The van der Waals surface area contributed by atoms with E-state index in [9.17, 15) is 5.11 Å². The Hall–Kier alpha value is -2.68. The molecule has 120 valence electrons. The number of benzene rings is 3. The largest absolute Gasteiger partial charge is 0.506 e. The first kappa shape index (κ1) is 14.9. The first-order valence-corrected chi connectivity index (χ1v) is 8.48. The van der Waals surface area contributed by atoms with Crippen molar-refractivity contribution in [2.24, 2.45) is 10.2 Å². The van der Waals surface area contributed by atoms with Gasteiger partial charge in [0.2, 0.25) is 0 Å². The van der Waals surface area contributed by atoms with Crippen LogP contribution in [0.2, 0.25) is 0 Å². The van der Waals surface area contributed by atoms with Gasteiger partial charge in [0, 0.05) is 5.39 Å². The Balaban J connectivity index is 1.84. The van der Waals surface area contributed by atoms with E-state index in [2.05, 4.69) is 34.5 Å². The van der Waals surface area contributed by atoms with Crippen LogP contribution in [0, 0.1) is 6.92 Å². The maximum absolute atomic E-state index is 10.3. The van der Waals surface area contributed by atoms with Crippen LogP contribution in [0.5, 0.6) is 5.75 Å². The molecule has 0 heterocycles. The average molecular weight is 316 g/mol. The lowest BCUT2D eigenvalue weighted by Gasteiger charge is -2.17. The summed E-state index contributed by atoms with van der Waals surface area (Å²) < 4.78 is 0. The molecular weight excluding hydrogens is 296 g/mol. The fourth-order valence-corrected chi connectivity index (χ4v) is 3.50. The number of phenolic OH excluding ortho intramolecular Hbond substituents is 1. The highest BCUT2D eigenvalue weighted by Gasteiger charge is 2.16. The molecule has 0 atom stereocenters. The van der Waals surface area contributed by atoms with Gasteiger partial charge in [-0.25, -0.2) is 0 Å². The molecule has 0 saturated carbocycles. The van der Waals surface area contributed by atoms with Crippen LogP contribution in [0.15, 0.2) is 58.8 Å². The van der Waals surface area contributed by atoms with Crippen LogP contribution in [0.25, 0.3) is 10.8 Å². The van der Waals surface area contributed by atoms with E-state index in [1.807, 2.05) is 25.1 Å². The van der Waals surface area contributed by atoms with E-state index < -0.39 is 0 Å². The average Bonchev–Trinajstić information content (AvgIpc) is 2.62. The number of rotatable bonds is 2. The number of phenols is 1. The number of nitrogens with zero attached hydrogens (tertiary/aromatic N) is 2. The minimum atomic E-state index is 0.220. The van der Waals surface area contributed by atoms with E-state index in [-0.39, 0.29) is 5.75 Å². The van der Waals surface area contributed by atoms with Crippen LogP contribution in [0.1, 0.15) is 29.5 Å². The van der Waals surface area contributed by atoms with Gasteiger partial charge in [-0.05, 0) is 60.7 Å². The molecule has 4 rings (SSSR count). The van der Waals surface area contributed by atoms with Crippen LogP contribution in [-0.4, -0.2) is 5.11 Å². The third kappa shape index (κ3) is 2.56. The Morgan fingerprint density at radius 2 is 1.62 bits per heavy atom. The third-order valence-electron chi connectivity index (χ3n) is 4.83. The molecule has 1 N–H and O–H groups in total. The van der Waals surface area contributed by atoms with Gasteiger partial charge in [-0.2, -0.15) is 0 Å². The Morgan fingerprint density at radius 3 is 2.54 bits per heavy atom. The summed E-state index contributed by atoms with van der Waals surface area (Å²) >= 11 is 0. The monoisotopic (exact) mass is 316 g/mol. The van der Waals surface area contributed by atoms with Gasteiger partial charge in [-0.3, -0.25) is 0 Å². The Labute approximate surface area is 141 Å². The van der Waals surface area contributed by atoms with Crippen LogP contribution in [-0.2, 0) is 12.8 Å². The Morgan fingerprint density at radius 1 is 0.833 bits per heavy atom. The van der Waals surface area contributed by atoms with Crippen molar-refractivity contribution in [2.75, 3.05) is 0 Å². The molecule has 0 unspecified atom stereocenters. The van der Waals surface area contributed by atoms with Crippen LogP contribution >= 0.6 is 0 Å². The number of hydrogen-bond donors (Lipinski definition) is 1. The van der Waals surface area contributed by atoms with E-state index in [1.165, 1.54) is 12.0 Å². The van der Waals surface area contributed by atoms with Crippen molar-refractivity contribution < 1.29 is 5.11 Å². The fourth-order valence-electron chi connectivity index (χ4n) is 3.50. The molecule has 0 bridgehead atoms. The van der Waals surface area contributed by atoms with E-state index in [0.29, 0.717) is 5.69 Å². The van der Waals surface area contributed by atoms with Crippen LogP contribution in [0.3, 0.4) is 0 Å². The van der Waals surface area contributed by atoms with Gasteiger partial charge in [-0.15, -0.1) is 10.2 Å². The van der Waals surface area contributed by atoms with Gasteiger partial charge in [0.15, 0.2) is 0 Å². The van der Waals surface area contributed by atoms with Crippen molar-refractivity contribution in [3.63, 3.8) is 0 Å². The van der Waals surface area contributed by atoms with Crippen molar-refractivity contribution in [1.29, 1.82) is 0 Å². The molecule has 3 aromatic rings. The van der Waals surface area contributed by atoms with Crippen LogP contribution < -0.4 is 0 Å². The zero-order chi connectivity index (χ0) is 16.5. The number of azo groups is 1. The molecule has 1 aliphatic rings. The summed E-state index contributed by atoms with van der Waals surface area (Å²) in [5.74, 6) is 0.220. The zero-order valence-corrected chi connectivity index (χ0v) is 13.8. The van der Waals surface area contributed by atoms with Gasteiger partial charge < -0.3 is 5.11 Å². The molecule has 3 heteroatoms. The minimum Gasteiger partial charge on any atom is -0.506 e. The quantitative estimate of drug-likeness (QED) is 0.566. The third-order valence-corrected chi connectivity index (χ3v) is 4.83. The van der Waals surface area contributed by atoms with Crippen molar-refractivity contribution in [1.82, 2.24) is 0 Å². The van der Waals surface area contributed by atoms with E-state index >= 15 is 0 Å². The van der Waals surface area contributed by atoms with Crippen molar-refractivity contribution >= 4 is 22.1 Å². The normalized spacial score (nSPS) is 14.2. The number of fused-ring (bicyclic) bond motifs is 2. The first-order chi connectivity index (χ1) is 11.7. The maximum atomic E-state index is 10.3. The molecule has 3 aromatic carbocycles. The fraction of sp³-hybridized carbons (Fsp3) is 0.238. The standard InChI is InChI=1S/C21H20N2O/c1-14-10-11-15-6-2-4-8-17(15)20(14)22-23-21-18-9-5-3-7-16(18)12-13-19(21)24/h2,4,6,8,10-13,24H,3,5,7,9H2,1H3. The molecule has 1 aliphatic carbocycles. The number of aryl methyl sites for hydroxylation is 2. The highest BCUT2D eigenvalue weighted by molar-refractivity contribution is 5.93. The van der Waals surface area contributed by atoms with Crippen molar-refractivity contribution in [2.45, 2.75) is 32.6 Å². The smallest absolute Gasteiger partial charge is 0.143 e. The highest BCUT2D eigenvalue weighted by Crippen LogP contribution is 2.39. The molecule has 0 saturated heterocycles. The molecule has 24 heavy (non-hydrogen) atoms. The maximum Gasteiger partial charge on any atom is 0.143 e. The summed E-state index contributed by atoms with van der Waals surface area (Å²) in [7, 11) is 0. The Kier molecular flexibility index (Phi) is 3.77. The molecular formula is C21H20N2O. The molecule has 0 radical (unpaired) electrons. The van der Waals surface area contributed by atoms with E-state index in [4.69, 9.17) is 0 Å². The van der Waals surface area contributed by atoms with E-state index in [0.717, 1.165) is 46.8 Å². The molecule has 0 aliphatic heterocycles. The second-order valence-corrected chi connectivity index (χ2v) is 6.43. The molecule has 0 spiro atoms. The summed E-state index contributed by atoms with van der Waals surface area (Å²) in [6.45, 7) is 2.04. The first-order valence-electron chi connectivity index (χ1n) is 8.48. The Bertz CT molecular complexity index is 944. The number of aromatic hydroxyl groups is 1. The predicted molar refractivity (Wildman–Crippen MR) is 97.6 cm³/mol. The summed E-state index contributed by atoms with van der Waals surface area (Å²) in [5, 5.41) is 21.5. The summed E-state index contributed by atoms with van der Waals surface area (Å²) in [6.07, 6.45) is 4.38. The zero-order valence-electron chi connectivity index (χ0n) is 13.8. The lowest BCUT2D eigenvalue weighted by molar-refractivity contribution is 0.474. The highest BCUT2D eigenvalue weighted by atomic mass is 16.3. The second kappa shape index (κ2) is 6.08. The van der Waals surface area contributed by atoms with Gasteiger partial charge in [0.1, 0.15) is 11.4 Å². The second-order valence-electron chi connectivity index (χ2n) is 6.43. The van der Waals surface area contributed by atoms with Gasteiger partial charge >= 0.3 is 0 Å². The number of hydrogen-bond acceptors (Lipinski definition) is 3. The summed E-state index contributed by atoms with van der Waals surface area (Å²) in [6, 6.07) is 16.1. The molecule has 0 fully saturated rings. The summed E-state index contributed by atoms with van der Waals surface area (Å²) in [5.41, 5.74) is 5.05. The van der Waals surface area contributed by atoms with Gasteiger partial charge in [-0.1, -0.05) is 42.5 Å². The lowest BCUT2D eigenvalue weighted by atomic mass is 9.90. The topological polar surface area (TPSA) is 45.0 Å². The molecule has 3 nitrogen and oxygen atoms in total. The van der Waals surface area contributed by atoms with Crippen molar-refractivity contribution in [3.05, 3.63) is 65.2 Å². The summed E-state index contributed by atoms with van der Waals surface area (Å²) in [4.78, 5) is 0. The van der Waals surface area contributed by atoms with E-state index in [1.54, 1.807) is 6.07 Å². The molecule has 0 amide bonds. The lowest BCUT2D eigenvalue weighted by Crippen LogP contribution is -2.02. The molecule has 0 aromatic heterocycles. The van der Waals surface area contributed by atoms with Gasteiger partial charge in [0.05, 0.1) is 5.69 Å². The van der Waals surface area contributed by atoms with Crippen LogP contribution in [0.4, 0.5) is 11.4 Å². The van der Waals surface area contributed by atoms with Crippen molar-refractivity contribution in [3.8, 4) is 5.75 Å². The van der Waals surface area contributed by atoms with Gasteiger partial charge in [0.25, 0.3) is 0 Å². The minimum absolute atomic E-state index is 0.220. The SMILES string of the molecule is Cc1ccc2ccccc2c1N=Nc1c(O)ccc2c1CCCC2.